The van der Waals surface area contributed by atoms with Gasteiger partial charge in [0, 0.05) is 42.1 Å². The molecule has 0 saturated carbocycles. The van der Waals surface area contributed by atoms with E-state index in [-0.39, 0.29) is 5.91 Å². The summed E-state index contributed by atoms with van der Waals surface area (Å²) in [6.45, 7) is 5.08. The number of aromatic nitrogens is 1. The number of benzene rings is 1. The van der Waals surface area contributed by atoms with Crippen LogP contribution >= 0.6 is 34.3 Å². The van der Waals surface area contributed by atoms with Crippen LogP contribution in [-0.2, 0) is 4.74 Å². The molecule has 0 bridgehead atoms. The number of morpholine rings is 1. The van der Waals surface area contributed by atoms with Crippen molar-refractivity contribution in [3.63, 3.8) is 0 Å². The quantitative estimate of drug-likeness (QED) is 0.517. The highest BCUT2D eigenvalue weighted by Gasteiger charge is 2.22. The molecule has 1 fully saturated rings. The molecule has 8 heteroatoms. The second kappa shape index (κ2) is 9.82. The molecule has 1 amide bonds. The van der Waals surface area contributed by atoms with E-state index in [2.05, 4.69) is 4.90 Å². The molecule has 3 heterocycles. The van der Waals surface area contributed by atoms with Crippen molar-refractivity contribution >= 4 is 45.3 Å². The summed E-state index contributed by atoms with van der Waals surface area (Å²) in [7, 11) is 0. The van der Waals surface area contributed by atoms with Crippen molar-refractivity contribution in [2.75, 3.05) is 44.3 Å². The zero-order valence-electron chi connectivity index (χ0n) is 15.9. The zero-order valence-corrected chi connectivity index (χ0v) is 18.3. The predicted molar refractivity (Wildman–Crippen MR) is 120 cm³/mol. The van der Waals surface area contributed by atoms with Gasteiger partial charge in [0.15, 0.2) is 5.13 Å². The predicted octanol–water partition coefficient (Wildman–Crippen LogP) is 4.89. The molecule has 2 aromatic heterocycles. The first-order chi connectivity index (χ1) is 14.2. The molecule has 1 aliphatic heterocycles. The van der Waals surface area contributed by atoms with Crippen LogP contribution in [0, 0.1) is 0 Å². The molecule has 5 nitrogen and oxygen atoms in total. The van der Waals surface area contributed by atoms with Crippen LogP contribution in [0.3, 0.4) is 0 Å². The van der Waals surface area contributed by atoms with E-state index < -0.39 is 0 Å². The summed E-state index contributed by atoms with van der Waals surface area (Å²) < 4.78 is 5.41. The lowest BCUT2D eigenvalue weighted by Crippen LogP contribution is -2.39. The number of nitrogens with zero attached hydrogens (tertiary/aromatic N) is 3. The van der Waals surface area contributed by atoms with E-state index in [1.807, 2.05) is 52.1 Å². The zero-order chi connectivity index (χ0) is 20.1. The van der Waals surface area contributed by atoms with E-state index in [0.29, 0.717) is 11.6 Å². The maximum atomic E-state index is 13.1. The number of rotatable bonds is 7. The SMILES string of the molecule is O=C(c1cccs1)N(CCCN1CCOCC1)c1nc(-c2ccc(Cl)cc2)cs1. The van der Waals surface area contributed by atoms with Gasteiger partial charge in [-0.15, -0.1) is 22.7 Å². The minimum Gasteiger partial charge on any atom is -0.379 e. The molecule has 1 saturated heterocycles. The van der Waals surface area contributed by atoms with Crippen molar-refractivity contribution in [1.29, 1.82) is 0 Å². The Bertz CT molecular complexity index is 922. The van der Waals surface area contributed by atoms with E-state index in [1.165, 1.54) is 22.7 Å². The van der Waals surface area contributed by atoms with E-state index in [4.69, 9.17) is 21.3 Å². The monoisotopic (exact) mass is 447 g/mol. The summed E-state index contributed by atoms with van der Waals surface area (Å²) in [5.74, 6) is 0.0129. The number of ether oxygens (including phenoxy) is 1. The molecule has 0 N–H and O–H groups in total. The lowest BCUT2D eigenvalue weighted by atomic mass is 10.2. The third-order valence-electron chi connectivity index (χ3n) is 4.80. The Balaban J connectivity index is 1.50. The van der Waals surface area contributed by atoms with Crippen LogP contribution in [0.5, 0.6) is 0 Å². The van der Waals surface area contributed by atoms with Crippen LogP contribution in [0.4, 0.5) is 5.13 Å². The summed E-state index contributed by atoms with van der Waals surface area (Å²) in [4.78, 5) is 22.8. The van der Waals surface area contributed by atoms with Crippen LogP contribution in [-0.4, -0.2) is 55.2 Å². The number of hydrogen-bond donors (Lipinski definition) is 0. The smallest absolute Gasteiger partial charge is 0.270 e. The molecular weight excluding hydrogens is 426 g/mol. The molecule has 152 valence electrons. The van der Waals surface area contributed by atoms with Crippen molar-refractivity contribution in [1.82, 2.24) is 9.88 Å². The van der Waals surface area contributed by atoms with E-state index in [0.717, 1.165) is 60.5 Å². The first-order valence-electron chi connectivity index (χ1n) is 9.57. The number of carbonyl (C=O) groups excluding carboxylic acids is 1. The van der Waals surface area contributed by atoms with Crippen LogP contribution in [0.2, 0.25) is 5.02 Å². The molecule has 0 unspecified atom stereocenters. The topological polar surface area (TPSA) is 45.7 Å². The molecule has 0 spiro atoms. The van der Waals surface area contributed by atoms with Gasteiger partial charge < -0.3 is 4.74 Å². The van der Waals surface area contributed by atoms with Crippen LogP contribution in [0.25, 0.3) is 11.3 Å². The van der Waals surface area contributed by atoms with E-state index in [1.54, 1.807) is 0 Å². The summed E-state index contributed by atoms with van der Waals surface area (Å²) in [5.41, 5.74) is 1.85. The number of thiophene rings is 1. The highest BCUT2D eigenvalue weighted by molar-refractivity contribution is 7.14. The van der Waals surface area contributed by atoms with Crippen molar-refractivity contribution in [2.45, 2.75) is 6.42 Å². The van der Waals surface area contributed by atoms with Gasteiger partial charge in [0.05, 0.1) is 23.8 Å². The highest BCUT2D eigenvalue weighted by atomic mass is 35.5. The van der Waals surface area contributed by atoms with Crippen molar-refractivity contribution < 1.29 is 9.53 Å². The Hall–Kier alpha value is -1.77. The number of halogens is 1. The Morgan fingerprint density at radius 3 is 2.69 bits per heavy atom. The summed E-state index contributed by atoms with van der Waals surface area (Å²) in [5, 5.41) is 5.35. The fraction of sp³-hybridized carbons (Fsp3) is 0.333. The lowest BCUT2D eigenvalue weighted by molar-refractivity contribution is 0.0376. The van der Waals surface area contributed by atoms with Gasteiger partial charge in [-0.25, -0.2) is 4.98 Å². The van der Waals surface area contributed by atoms with Gasteiger partial charge in [0.1, 0.15) is 0 Å². The van der Waals surface area contributed by atoms with E-state index >= 15 is 0 Å². The summed E-state index contributed by atoms with van der Waals surface area (Å²) in [6, 6.07) is 11.4. The fourth-order valence-electron chi connectivity index (χ4n) is 3.24. The Kier molecular flexibility index (Phi) is 6.94. The second-order valence-corrected chi connectivity index (χ2v) is 8.98. The normalized spacial score (nSPS) is 14.8. The molecule has 1 aromatic carbocycles. The molecular formula is C21H22ClN3O2S2. The molecule has 0 atom stereocenters. The minimum atomic E-state index is 0.0129. The highest BCUT2D eigenvalue weighted by Crippen LogP contribution is 2.30. The standard InChI is InChI=1S/C21H22ClN3O2S2/c22-17-6-4-16(5-7-17)18-15-29-21(23-18)25(20(26)19-3-1-14-28-19)9-2-8-24-10-12-27-13-11-24/h1,3-7,14-15H,2,8-13H2. The van der Waals surface area contributed by atoms with Crippen molar-refractivity contribution in [3.05, 3.63) is 57.1 Å². The first-order valence-corrected chi connectivity index (χ1v) is 11.7. The van der Waals surface area contributed by atoms with Crippen LogP contribution < -0.4 is 4.90 Å². The Morgan fingerprint density at radius 2 is 1.97 bits per heavy atom. The Labute approximate surface area is 183 Å². The summed E-state index contributed by atoms with van der Waals surface area (Å²) >= 11 is 8.96. The number of carbonyl (C=O) groups is 1. The van der Waals surface area contributed by atoms with Gasteiger partial charge in [0.2, 0.25) is 0 Å². The molecule has 4 rings (SSSR count). The third-order valence-corrected chi connectivity index (χ3v) is 6.77. The van der Waals surface area contributed by atoms with Gasteiger partial charge in [-0.1, -0.05) is 29.8 Å². The van der Waals surface area contributed by atoms with Crippen molar-refractivity contribution in [2.24, 2.45) is 0 Å². The molecule has 3 aromatic rings. The number of anilines is 1. The molecule has 0 radical (unpaired) electrons. The maximum absolute atomic E-state index is 13.1. The van der Waals surface area contributed by atoms with Crippen LogP contribution in [0.1, 0.15) is 16.1 Å². The van der Waals surface area contributed by atoms with E-state index in [9.17, 15) is 4.79 Å². The summed E-state index contributed by atoms with van der Waals surface area (Å²) in [6.07, 6.45) is 0.896. The van der Waals surface area contributed by atoms with Gasteiger partial charge in [-0.05, 0) is 30.0 Å². The minimum absolute atomic E-state index is 0.0129. The third kappa shape index (κ3) is 5.24. The van der Waals surface area contributed by atoms with Crippen LogP contribution in [0.15, 0.2) is 47.2 Å². The largest absolute Gasteiger partial charge is 0.379 e. The Morgan fingerprint density at radius 1 is 1.17 bits per heavy atom. The number of hydrogen-bond acceptors (Lipinski definition) is 6. The van der Waals surface area contributed by atoms with Gasteiger partial charge in [0.25, 0.3) is 5.91 Å². The molecule has 29 heavy (non-hydrogen) atoms. The van der Waals surface area contributed by atoms with Gasteiger partial charge in [-0.3, -0.25) is 14.6 Å². The lowest BCUT2D eigenvalue weighted by Gasteiger charge is -2.27. The maximum Gasteiger partial charge on any atom is 0.270 e. The first kappa shape index (κ1) is 20.5. The van der Waals surface area contributed by atoms with Gasteiger partial charge in [-0.2, -0.15) is 0 Å². The molecule has 0 aliphatic carbocycles. The average Bonchev–Trinajstić information content (AvgIpc) is 3.45. The average molecular weight is 448 g/mol. The molecule has 1 aliphatic rings. The van der Waals surface area contributed by atoms with Crippen molar-refractivity contribution in [3.8, 4) is 11.3 Å². The fourth-order valence-corrected chi connectivity index (χ4v) is 4.89. The number of amides is 1. The van der Waals surface area contributed by atoms with Gasteiger partial charge >= 0.3 is 0 Å². The number of thiazole rings is 1. The second-order valence-electron chi connectivity index (χ2n) is 6.76.